The highest BCUT2D eigenvalue weighted by Crippen LogP contribution is 1.79. The molecule has 0 aliphatic rings. The van der Waals surface area contributed by atoms with Crippen LogP contribution >= 0.6 is 0 Å². The van der Waals surface area contributed by atoms with Crippen LogP contribution in [0.25, 0.3) is 0 Å². The summed E-state index contributed by atoms with van der Waals surface area (Å²) in [5, 5.41) is 0. The topological polar surface area (TPSA) is 0 Å². The summed E-state index contributed by atoms with van der Waals surface area (Å²) < 4.78 is 0. The fourth-order valence-corrected chi connectivity index (χ4v) is 0.205. The highest BCUT2D eigenvalue weighted by molar-refractivity contribution is 5.21. The molecular formula is C9H6. The van der Waals surface area contributed by atoms with Crippen molar-refractivity contribution in [2.75, 3.05) is 0 Å². The molecule has 0 bridgehead atoms. The van der Waals surface area contributed by atoms with E-state index in [1.165, 1.54) is 0 Å². The van der Waals surface area contributed by atoms with E-state index in [1.807, 2.05) is 0 Å². The van der Waals surface area contributed by atoms with Crippen LogP contribution in [-0.2, 0) is 0 Å². The van der Waals surface area contributed by atoms with Gasteiger partial charge in [0.2, 0.25) is 0 Å². The van der Waals surface area contributed by atoms with Crippen molar-refractivity contribution in [2.45, 2.75) is 6.92 Å². The summed E-state index contributed by atoms with van der Waals surface area (Å²) >= 11 is 0. The molecule has 0 aliphatic carbocycles. The van der Waals surface area contributed by atoms with Gasteiger partial charge >= 0.3 is 0 Å². The van der Waals surface area contributed by atoms with Crippen molar-refractivity contribution in [3.63, 3.8) is 0 Å². The third-order valence-corrected chi connectivity index (χ3v) is 0.617. The van der Waals surface area contributed by atoms with Crippen LogP contribution in [0.1, 0.15) is 6.92 Å². The first-order chi connectivity index (χ1) is 4.31. The van der Waals surface area contributed by atoms with E-state index in [0.29, 0.717) is 5.57 Å². The van der Waals surface area contributed by atoms with Gasteiger partial charge in [0.25, 0.3) is 0 Å². The lowest BCUT2D eigenvalue weighted by atomic mass is 10.3. The summed E-state index contributed by atoms with van der Waals surface area (Å²) in [5.74, 6) is 2.38. The predicted octanol–water partition coefficient (Wildman–Crippen LogP) is 1.82. The average Bonchev–Trinajstić information content (AvgIpc) is 1.89. The second kappa shape index (κ2) is 4.58. The zero-order valence-corrected chi connectivity index (χ0v) is 5.28. The van der Waals surface area contributed by atoms with Crippen LogP contribution in [0, 0.1) is 12.3 Å². The Morgan fingerprint density at radius 3 is 2.56 bits per heavy atom. The van der Waals surface area contributed by atoms with Crippen molar-refractivity contribution >= 4 is 0 Å². The Balaban J connectivity index is 4.94. The zero-order chi connectivity index (χ0) is 7.11. The monoisotopic (exact) mass is 114 g/mol. The molecule has 0 saturated heterocycles. The molecule has 9 heavy (non-hydrogen) atoms. The Bertz CT molecular complexity index is 274. The second-order valence-electron chi connectivity index (χ2n) is 1.32. The third-order valence-electron chi connectivity index (χ3n) is 0.617. The van der Waals surface area contributed by atoms with Gasteiger partial charge in [-0.05, 0) is 30.7 Å². The normalized spacial score (nSPS) is 4.89. The van der Waals surface area contributed by atoms with E-state index in [-0.39, 0.29) is 0 Å². The van der Waals surface area contributed by atoms with Gasteiger partial charge in [-0.1, -0.05) is 11.7 Å². The Kier molecular flexibility index (Phi) is 3.77. The van der Waals surface area contributed by atoms with E-state index in [4.69, 9.17) is 6.42 Å². The molecule has 0 unspecified atom stereocenters. The second-order valence-corrected chi connectivity index (χ2v) is 1.32. The van der Waals surface area contributed by atoms with Gasteiger partial charge in [0.1, 0.15) is 0 Å². The Morgan fingerprint density at radius 2 is 2.11 bits per heavy atom. The van der Waals surface area contributed by atoms with Crippen LogP contribution in [0.15, 0.2) is 35.1 Å². The SMILES string of the molecule is C#CC(C)=C=C=C=C=C. The molecule has 0 aliphatic heterocycles. The summed E-state index contributed by atoms with van der Waals surface area (Å²) in [6, 6.07) is 0. The molecule has 0 N–H and O–H groups in total. The lowest BCUT2D eigenvalue weighted by molar-refractivity contribution is 1.61. The predicted molar refractivity (Wildman–Crippen MR) is 37.7 cm³/mol. The minimum Gasteiger partial charge on any atom is -0.114 e. The molecule has 0 nitrogen and oxygen atoms in total. The minimum atomic E-state index is 0.692. The van der Waals surface area contributed by atoms with Crippen LogP contribution in [0.3, 0.4) is 0 Å². The van der Waals surface area contributed by atoms with E-state index in [0.717, 1.165) is 0 Å². The largest absolute Gasteiger partial charge is 0.114 e. The average molecular weight is 114 g/mol. The highest BCUT2D eigenvalue weighted by Gasteiger charge is 1.67. The van der Waals surface area contributed by atoms with Crippen molar-refractivity contribution < 1.29 is 0 Å². The first-order valence-electron chi connectivity index (χ1n) is 2.39. The molecule has 0 fully saturated rings. The molecule has 0 radical (unpaired) electrons. The minimum absolute atomic E-state index is 0.692. The lowest BCUT2D eigenvalue weighted by Gasteiger charge is -1.68. The molecule has 0 atom stereocenters. The van der Waals surface area contributed by atoms with Gasteiger partial charge in [-0.15, -0.1) is 6.42 Å². The molecule has 0 heterocycles. The number of rotatable bonds is 0. The summed E-state index contributed by atoms with van der Waals surface area (Å²) in [7, 11) is 0. The van der Waals surface area contributed by atoms with Crippen molar-refractivity contribution in [2.24, 2.45) is 0 Å². The van der Waals surface area contributed by atoms with Gasteiger partial charge in [-0.3, -0.25) is 0 Å². The van der Waals surface area contributed by atoms with Gasteiger partial charge in [-0.25, -0.2) is 0 Å². The molecule has 42 valence electrons. The Morgan fingerprint density at radius 1 is 1.44 bits per heavy atom. The van der Waals surface area contributed by atoms with Crippen LogP contribution in [0.2, 0.25) is 0 Å². The maximum atomic E-state index is 5.00. The fourth-order valence-electron chi connectivity index (χ4n) is 0.205. The van der Waals surface area contributed by atoms with E-state index >= 15 is 0 Å². The first kappa shape index (κ1) is 7.42. The summed E-state index contributed by atoms with van der Waals surface area (Å²) in [5.41, 5.74) is 10.7. The van der Waals surface area contributed by atoms with E-state index < -0.39 is 0 Å². The number of hydrogen-bond acceptors (Lipinski definition) is 0. The molecule has 0 saturated carbocycles. The van der Waals surface area contributed by atoms with Crippen molar-refractivity contribution in [3.05, 3.63) is 35.1 Å². The maximum absolute atomic E-state index is 5.00. The quantitative estimate of drug-likeness (QED) is 0.333. The van der Waals surface area contributed by atoms with E-state index in [1.54, 1.807) is 6.92 Å². The number of hydrogen-bond donors (Lipinski definition) is 0. The van der Waals surface area contributed by atoms with Gasteiger partial charge in [0.15, 0.2) is 0 Å². The van der Waals surface area contributed by atoms with Crippen molar-refractivity contribution in [1.82, 2.24) is 0 Å². The summed E-state index contributed by atoms with van der Waals surface area (Å²) in [6.45, 7) is 5.05. The molecule has 0 heteroatoms. The maximum Gasteiger partial charge on any atom is 0.0495 e. The molecule has 0 aromatic rings. The zero-order valence-electron chi connectivity index (χ0n) is 5.28. The summed E-state index contributed by atoms with van der Waals surface area (Å²) in [4.78, 5) is 0. The van der Waals surface area contributed by atoms with Gasteiger partial charge in [0.05, 0.1) is 0 Å². The van der Waals surface area contributed by atoms with Gasteiger partial charge in [0, 0.05) is 5.57 Å². The van der Waals surface area contributed by atoms with Gasteiger partial charge < -0.3 is 0 Å². The summed E-state index contributed by atoms with van der Waals surface area (Å²) in [6.07, 6.45) is 5.00. The van der Waals surface area contributed by atoms with Crippen molar-refractivity contribution in [1.29, 1.82) is 0 Å². The third kappa shape index (κ3) is 4.27. The van der Waals surface area contributed by atoms with Gasteiger partial charge in [-0.2, -0.15) is 0 Å². The van der Waals surface area contributed by atoms with E-state index in [2.05, 4.69) is 35.4 Å². The van der Waals surface area contributed by atoms with Crippen LogP contribution < -0.4 is 0 Å². The van der Waals surface area contributed by atoms with Crippen LogP contribution in [0.5, 0.6) is 0 Å². The standard InChI is InChI=1S/C9H6/c1-4-6-7-8-9(3)5-2/h2H,1H2,3H3. The molecule has 0 aromatic heterocycles. The highest BCUT2D eigenvalue weighted by atomic mass is 13.7. The Hall–Kier alpha value is -1.58. The number of allylic oxidation sites excluding steroid dienone is 1. The number of terminal acetylenes is 1. The molecule has 0 aromatic carbocycles. The first-order valence-corrected chi connectivity index (χ1v) is 2.39. The van der Waals surface area contributed by atoms with Crippen molar-refractivity contribution in [3.8, 4) is 12.3 Å². The molecule has 0 amide bonds. The molecule has 0 spiro atoms. The van der Waals surface area contributed by atoms with Crippen LogP contribution in [0.4, 0.5) is 0 Å². The van der Waals surface area contributed by atoms with Crippen LogP contribution in [-0.4, -0.2) is 0 Å². The van der Waals surface area contributed by atoms with E-state index in [9.17, 15) is 0 Å². The fraction of sp³-hybridized carbons (Fsp3) is 0.111. The molecular weight excluding hydrogens is 108 g/mol. The molecule has 0 rings (SSSR count). The smallest absolute Gasteiger partial charge is 0.0495 e. The lowest BCUT2D eigenvalue weighted by Crippen LogP contribution is -1.55. The Labute approximate surface area is 55.2 Å².